The van der Waals surface area contributed by atoms with E-state index in [2.05, 4.69) is 20.8 Å². The Labute approximate surface area is 179 Å². The van der Waals surface area contributed by atoms with E-state index in [0.717, 1.165) is 44.9 Å². The van der Waals surface area contributed by atoms with Crippen LogP contribution in [0.15, 0.2) is 11.6 Å². The van der Waals surface area contributed by atoms with Gasteiger partial charge >= 0.3 is 11.9 Å². The Kier molecular flexibility index (Phi) is 5.57. The van der Waals surface area contributed by atoms with Gasteiger partial charge in [-0.3, -0.25) is 4.79 Å². The summed E-state index contributed by atoms with van der Waals surface area (Å²) >= 11 is 0. The Bertz CT molecular complexity index is 744. The highest BCUT2D eigenvalue weighted by atomic mass is 16.4. The number of carboxylic acids is 2. The molecule has 3 fully saturated rings. The average Bonchev–Trinajstić information content (AvgIpc) is 3.04. The molecule has 3 saturated carbocycles. The van der Waals surface area contributed by atoms with Gasteiger partial charge in [-0.2, -0.15) is 0 Å². The average molecular weight is 419 g/mol. The number of rotatable bonds is 5. The number of carboxylic acid groups (broad SMARTS) is 2. The topological polar surface area (TPSA) is 94.8 Å². The van der Waals surface area contributed by atoms with Crippen molar-refractivity contribution in [1.29, 1.82) is 0 Å². The number of fused-ring (bicyclic) bond motifs is 5. The highest BCUT2D eigenvalue weighted by molar-refractivity contribution is 5.87. The number of hydrogen-bond donors (Lipinski definition) is 3. The summed E-state index contributed by atoms with van der Waals surface area (Å²) in [5.41, 5.74) is 0.417. The van der Waals surface area contributed by atoms with Crippen LogP contribution in [-0.2, 0) is 9.59 Å². The first-order chi connectivity index (χ1) is 14.1. The zero-order chi connectivity index (χ0) is 21.8. The molecule has 5 heteroatoms. The highest BCUT2D eigenvalue weighted by Crippen LogP contribution is 2.68. The van der Waals surface area contributed by atoms with Crippen LogP contribution in [0, 0.1) is 46.3 Å². The fraction of sp³-hybridized carbons (Fsp3) is 0.840. The summed E-state index contributed by atoms with van der Waals surface area (Å²) in [5, 5.41) is 30.4. The number of hydrogen-bond acceptors (Lipinski definition) is 3. The lowest BCUT2D eigenvalue weighted by atomic mass is 9.43. The number of allylic oxidation sites excluding steroid dienone is 1. The molecule has 0 radical (unpaired) electrons. The minimum Gasteiger partial charge on any atom is -0.481 e. The molecule has 0 bridgehead atoms. The number of carbonyl (C=O) groups is 2. The second-order valence-corrected chi connectivity index (χ2v) is 11.2. The van der Waals surface area contributed by atoms with Crippen molar-refractivity contribution in [2.24, 2.45) is 46.3 Å². The minimum absolute atomic E-state index is 0.0410. The summed E-state index contributed by atoms with van der Waals surface area (Å²) in [6, 6.07) is 0. The van der Waals surface area contributed by atoms with Crippen molar-refractivity contribution in [2.75, 3.05) is 0 Å². The first-order valence-corrected chi connectivity index (χ1v) is 11.9. The summed E-state index contributed by atoms with van der Waals surface area (Å²) in [5.74, 6) is 0.642. The first-order valence-electron chi connectivity index (χ1n) is 11.9. The molecule has 2 unspecified atom stereocenters. The van der Waals surface area contributed by atoms with Crippen LogP contribution in [0.25, 0.3) is 0 Å². The predicted molar refractivity (Wildman–Crippen MR) is 114 cm³/mol. The summed E-state index contributed by atoms with van der Waals surface area (Å²) in [7, 11) is 0. The molecular weight excluding hydrogens is 380 g/mol. The van der Waals surface area contributed by atoms with Gasteiger partial charge in [0.05, 0.1) is 6.10 Å². The van der Waals surface area contributed by atoms with Crippen molar-refractivity contribution in [1.82, 2.24) is 0 Å². The third-order valence-corrected chi connectivity index (χ3v) is 10.2. The summed E-state index contributed by atoms with van der Waals surface area (Å²) in [6.07, 6.45) is 9.21. The summed E-state index contributed by atoms with van der Waals surface area (Å²) < 4.78 is 0. The summed E-state index contributed by atoms with van der Waals surface area (Å²) in [4.78, 5) is 23.0. The molecule has 0 aromatic rings. The van der Waals surface area contributed by atoms with Crippen LogP contribution < -0.4 is 0 Å². The molecule has 0 spiro atoms. The van der Waals surface area contributed by atoms with Crippen molar-refractivity contribution in [3.63, 3.8) is 0 Å². The molecule has 168 valence electrons. The molecule has 4 aliphatic rings. The molecule has 9 atom stereocenters. The van der Waals surface area contributed by atoms with E-state index < -0.39 is 18.0 Å². The smallest absolute Gasteiger partial charge is 0.331 e. The maximum Gasteiger partial charge on any atom is 0.331 e. The first kappa shape index (κ1) is 21.9. The second-order valence-electron chi connectivity index (χ2n) is 11.2. The molecule has 5 nitrogen and oxygen atoms in total. The molecule has 3 N–H and O–H groups in total. The van der Waals surface area contributed by atoms with E-state index in [1.165, 1.54) is 0 Å². The molecule has 0 aromatic heterocycles. The fourth-order valence-electron chi connectivity index (χ4n) is 8.72. The highest BCUT2D eigenvalue weighted by Gasteiger charge is 2.64. The van der Waals surface area contributed by atoms with E-state index in [4.69, 9.17) is 5.11 Å². The van der Waals surface area contributed by atoms with E-state index in [0.29, 0.717) is 41.6 Å². The standard InChI is InChI=1S/C25H38O5/c1-14(6-11-22(27)28)17-9-10-19-15-7-8-18-16(23(29)30)5-4-12-24(18,2)20(15)13-21(26)25(17,19)3/h5,14-15,17-21,26H,4,6-13H2,1-3H3,(H,27,28)(H,29,30)/t14-,15+,17-,18?,19+,20+,21?,24+,25-/m1/s1. The van der Waals surface area contributed by atoms with E-state index in [9.17, 15) is 19.8 Å². The molecule has 30 heavy (non-hydrogen) atoms. The van der Waals surface area contributed by atoms with E-state index >= 15 is 0 Å². The van der Waals surface area contributed by atoms with Gasteiger partial charge in [0, 0.05) is 12.0 Å². The van der Waals surface area contributed by atoms with Gasteiger partial charge in [0.2, 0.25) is 0 Å². The molecule has 0 aromatic carbocycles. The van der Waals surface area contributed by atoms with Crippen molar-refractivity contribution < 1.29 is 24.9 Å². The Morgan fingerprint density at radius 2 is 1.87 bits per heavy atom. The van der Waals surface area contributed by atoms with E-state index in [1.807, 2.05) is 6.08 Å². The van der Waals surface area contributed by atoms with Crippen molar-refractivity contribution in [2.45, 2.75) is 84.7 Å². The van der Waals surface area contributed by atoms with Gasteiger partial charge in [0.15, 0.2) is 0 Å². The monoisotopic (exact) mass is 418 g/mol. The Morgan fingerprint density at radius 3 is 2.53 bits per heavy atom. The third-order valence-electron chi connectivity index (χ3n) is 10.2. The number of aliphatic carboxylic acids is 2. The maximum absolute atomic E-state index is 11.9. The van der Waals surface area contributed by atoms with Gasteiger partial charge in [0.1, 0.15) is 0 Å². The van der Waals surface area contributed by atoms with Crippen LogP contribution in [-0.4, -0.2) is 33.4 Å². The molecule has 4 rings (SSSR count). The number of aliphatic hydroxyl groups excluding tert-OH is 1. The van der Waals surface area contributed by atoms with Gasteiger partial charge < -0.3 is 15.3 Å². The lowest BCUT2D eigenvalue weighted by molar-refractivity contribution is -0.162. The SMILES string of the molecule is C[C@H](CCC(=O)O)[C@H]1CC[C@H]2[C@@H]3CCC4C(C(=O)O)=CCC[C@]4(C)[C@H]3CC(O)[C@]12C. The lowest BCUT2D eigenvalue weighted by Crippen LogP contribution is -2.58. The van der Waals surface area contributed by atoms with Crippen LogP contribution in [0.2, 0.25) is 0 Å². The van der Waals surface area contributed by atoms with Crippen molar-refractivity contribution >= 4 is 11.9 Å². The Hall–Kier alpha value is -1.36. The zero-order valence-corrected chi connectivity index (χ0v) is 18.6. The Balaban J connectivity index is 1.60. The molecule has 0 amide bonds. The molecular formula is C25H38O5. The van der Waals surface area contributed by atoms with E-state index in [-0.39, 0.29) is 23.2 Å². The lowest BCUT2D eigenvalue weighted by Gasteiger charge is -2.61. The van der Waals surface area contributed by atoms with Gasteiger partial charge in [-0.1, -0.05) is 26.8 Å². The molecule has 0 heterocycles. The van der Waals surface area contributed by atoms with Crippen molar-refractivity contribution in [3.05, 3.63) is 11.6 Å². The molecule has 0 saturated heterocycles. The van der Waals surface area contributed by atoms with Crippen LogP contribution in [0.4, 0.5) is 0 Å². The third kappa shape index (κ3) is 3.14. The van der Waals surface area contributed by atoms with Crippen LogP contribution in [0.5, 0.6) is 0 Å². The normalized spacial score (nSPS) is 46.2. The minimum atomic E-state index is -0.765. The quantitative estimate of drug-likeness (QED) is 0.599. The zero-order valence-electron chi connectivity index (χ0n) is 18.6. The van der Waals surface area contributed by atoms with Gasteiger partial charge in [-0.15, -0.1) is 0 Å². The predicted octanol–water partition coefficient (Wildman–Crippen LogP) is 4.74. The van der Waals surface area contributed by atoms with Gasteiger partial charge in [-0.25, -0.2) is 4.79 Å². The second kappa shape index (κ2) is 7.65. The van der Waals surface area contributed by atoms with Gasteiger partial charge in [0.25, 0.3) is 0 Å². The van der Waals surface area contributed by atoms with Gasteiger partial charge in [-0.05, 0) is 97.7 Å². The number of aliphatic hydroxyl groups is 1. The van der Waals surface area contributed by atoms with Crippen LogP contribution >= 0.6 is 0 Å². The summed E-state index contributed by atoms with van der Waals surface area (Å²) in [6.45, 7) is 6.73. The maximum atomic E-state index is 11.9. The van der Waals surface area contributed by atoms with E-state index in [1.54, 1.807) is 0 Å². The van der Waals surface area contributed by atoms with Crippen LogP contribution in [0.1, 0.15) is 78.6 Å². The Morgan fingerprint density at radius 1 is 1.13 bits per heavy atom. The largest absolute Gasteiger partial charge is 0.481 e. The van der Waals surface area contributed by atoms with Crippen molar-refractivity contribution in [3.8, 4) is 0 Å². The fourth-order valence-corrected chi connectivity index (χ4v) is 8.72. The van der Waals surface area contributed by atoms with Crippen LogP contribution in [0.3, 0.4) is 0 Å². The molecule has 0 aliphatic heterocycles. The molecule has 4 aliphatic carbocycles.